The number of fused-ring (bicyclic) bond motifs is 11. The topological polar surface area (TPSA) is 9.86 Å². The average molecular weight is 816 g/mol. The summed E-state index contributed by atoms with van der Waals surface area (Å²) in [7, 11) is 0. The van der Waals surface area contributed by atoms with Crippen LogP contribution in [0.25, 0.3) is 110 Å². The minimum absolute atomic E-state index is 1.07. The Kier molecular flexibility index (Phi) is 7.72. The van der Waals surface area contributed by atoms with Crippen molar-refractivity contribution in [3.8, 4) is 44.8 Å². The molecular weight excluding hydrogens is 781 g/mol. The molecule has 0 N–H and O–H groups in total. The summed E-state index contributed by atoms with van der Waals surface area (Å²) in [4.78, 5) is 0. The van der Waals surface area contributed by atoms with Crippen LogP contribution < -0.4 is 0 Å². The maximum Gasteiger partial charge on any atom is 0.0625 e. The molecular formula is C56H35BrN2. The lowest BCUT2D eigenvalue weighted by Crippen LogP contribution is -1.95. The number of para-hydroxylation sites is 3. The Bertz CT molecular complexity index is 3600. The Morgan fingerprint density at radius 3 is 1.46 bits per heavy atom. The van der Waals surface area contributed by atoms with Gasteiger partial charge < -0.3 is 9.13 Å². The summed E-state index contributed by atoms with van der Waals surface area (Å²) in [5.74, 6) is 0. The molecule has 0 radical (unpaired) electrons. The lowest BCUT2D eigenvalue weighted by molar-refractivity contribution is 1.18. The first-order valence-electron chi connectivity index (χ1n) is 20.1. The van der Waals surface area contributed by atoms with Gasteiger partial charge in [-0.05, 0) is 128 Å². The zero-order valence-corrected chi connectivity index (χ0v) is 33.6. The van der Waals surface area contributed by atoms with Gasteiger partial charge in [0.25, 0.3) is 0 Å². The molecule has 0 saturated heterocycles. The molecule has 0 aliphatic rings. The van der Waals surface area contributed by atoms with E-state index in [1.165, 1.54) is 98.5 Å². The lowest BCUT2D eigenvalue weighted by Gasteiger charge is -2.13. The van der Waals surface area contributed by atoms with E-state index in [4.69, 9.17) is 0 Å². The van der Waals surface area contributed by atoms with E-state index in [1.807, 2.05) is 0 Å². The van der Waals surface area contributed by atoms with Crippen LogP contribution in [-0.4, -0.2) is 9.13 Å². The van der Waals surface area contributed by atoms with Gasteiger partial charge in [0.05, 0.1) is 22.1 Å². The predicted octanol–water partition coefficient (Wildman–Crippen LogP) is 16.0. The van der Waals surface area contributed by atoms with E-state index in [-0.39, 0.29) is 0 Å². The monoisotopic (exact) mass is 814 g/mol. The van der Waals surface area contributed by atoms with Crippen molar-refractivity contribution < 1.29 is 0 Å². The van der Waals surface area contributed by atoms with Gasteiger partial charge in [-0.15, -0.1) is 0 Å². The third-order valence-electron chi connectivity index (χ3n) is 12.1. The largest absolute Gasteiger partial charge is 0.309 e. The minimum Gasteiger partial charge on any atom is -0.309 e. The van der Waals surface area contributed by atoms with Crippen molar-refractivity contribution in [2.45, 2.75) is 0 Å². The van der Waals surface area contributed by atoms with E-state index in [0.29, 0.717) is 0 Å². The van der Waals surface area contributed by atoms with Crippen LogP contribution in [0.4, 0.5) is 0 Å². The summed E-state index contributed by atoms with van der Waals surface area (Å²) in [5, 5.41) is 10.1. The first kappa shape index (κ1) is 33.9. The SMILES string of the molecule is Brc1ccc(-c2cc(-c3ccc4c(c3)c3ccccc3n4-c3ccccc3)cc(-c3ccc4c5c6ccccc6c6ccccc6c5n(-c5ccccc5)c4c3)c2)cc1. The van der Waals surface area contributed by atoms with E-state index in [0.717, 1.165) is 15.8 Å². The second-order valence-electron chi connectivity index (χ2n) is 15.4. The minimum atomic E-state index is 1.07. The van der Waals surface area contributed by atoms with Gasteiger partial charge in [-0.3, -0.25) is 0 Å². The highest BCUT2D eigenvalue weighted by molar-refractivity contribution is 9.10. The third-order valence-corrected chi connectivity index (χ3v) is 12.6. The summed E-state index contributed by atoms with van der Waals surface area (Å²) in [5.41, 5.74) is 14.2. The summed E-state index contributed by atoms with van der Waals surface area (Å²) in [6.45, 7) is 0. The smallest absolute Gasteiger partial charge is 0.0625 e. The van der Waals surface area contributed by atoms with Gasteiger partial charge in [-0.25, -0.2) is 0 Å². The van der Waals surface area contributed by atoms with Crippen LogP contribution in [0.3, 0.4) is 0 Å². The zero-order chi connectivity index (χ0) is 39.0. The standard InChI is InChI=1S/C56H35BrN2/c57-42-27-23-36(24-28-42)39-31-40(37-26-30-53-51(34-37)47-19-11-12-22-52(47)58(53)43-13-3-1-4-14-43)33-41(32-39)38-25-29-50-54(35-38)59(44-15-5-2-6-16-44)56-49-21-10-8-18-46(49)45-17-7-9-20-48(45)55(50)56/h1-35H. The van der Waals surface area contributed by atoms with E-state index in [1.54, 1.807) is 0 Å². The fraction of sp³-hybridized carbons (Fsp3) is 0. The molecule has 3 heteroatoms. The molecule has 59 heavy (non-hydrogen) atoms. The Morgan fingerprint density at radius 2 is 0.763 bits per heavy atom. The normalized spacial score (nSPS) is 11.8. The number of hydrogen-bond donors (Lipinski definition) is 0. The van der Waals surface area contributed by atoms with Gasteiger partial charge in [-0.2, -0.15) is 0 Å². The van der Waals surface area contributed by atoms with Gasteiger partial charge >= 0.3 is 0 Å². The summed E-state index contributed by atoms with van der Waals surface area (Å²) < 4.78 is 5.93. The third kappa shape index (κ3) is 5.39. The van der Waals surface area contributed by atoms with Crippen molar-refractivity contribution in [1.82, 2.24) is 9.13 Å². The molecule has 12 rings (SSSR count). The Morgan fingerprint density at radius 1 is 0.271 bits per heavy atom. The molecule has 0 bridgehead atoms. The molecule has 0 unspecified atom stereocenters. The molecule has 2 heterocycles. The molecule has 0 saturated carbocycles. The summed E-state index contributed by atoms with van der Waals surface area (Å²) in [6, 6.07) is 77.8. The van der Waals surface area contributed by atoms with Crippen LogP contribution in [-0.2, 0) is 0 Å². The predicted molar refractivity (Wildman–Crippen MR) is 254 cm³/mol. The van der Waals surface area contributed by atoms with E-state index in [2.05, 4.69) is 237 Å². The van der Waals surface area contributed by atoms with E-state index in [9.17, 15) is 0 Å². The second-order valence-corrected chi connectivity index (χ2v) is 16.4. The van der Waals surface area contributed by atoms with Crippen LogP contribution in [0.1, 0.15) is 0 Å². The average Bonchev–Trinajstić information content (AvgIpc) is 3.83. The molecule has 2 nitrogen and oxygen atoms in total. The Hall–Kier alpha value is -7.20. The Balaban J connectivity index is 1.12. The van der Waals surface area contributed by atoms with Gasteiger partial charge in [0, 0.05) is 42.8 Å². The van der Waals surface area contributed by atoms with Crippen molar-refractivity contribution in [2.75, 3.05) is 0 Å². The number of rotatable bonds is 5. The van der Waals surface area contributed by atoms with Gasteiger partial charge in [0.15, 0.2) is 0 Å². The quantitative estimate of drug-likeness (QED) is 0.153. The molecule has 2 aromatic heterocycles. The van der Waals surface area contributed by atoms with Gasteiger partial charge in [0.1, 0.15) is 0 Å². The van der Waals surface area contributed by atoms with Crippen LogP contribution >= 0.6 is 15.9 Å². The molecule has 276 valence electrons. The maximum atomic E-state index is 3.67. The number of aromatic nitrogens is 2. The first-order chi connectivity index (χ1) is 29.2. The lowest BCUT2D eigenvalue weighted by atomic mass is 9.92. The van der Waals surface area contributed by atoms with Crippen molar-refractivity contribution >= 4 is 81.1 Å². The highest BCUT2D eigenvalue weighted by atomic mass is 79.9. The molecule has 0 aliphatic heterocycles. The molecule has 0 amide bonds. The molecule has 0 spiro atoms. The van der Waals surface area contributed by atoms with Crippen LogP contribution in [0, 0.1) is 0 Å². The van der Waals surface area contributed by atoms with Crippen molar-refractivity contribution in [1.29, 1.82) is 0 Å². The molecule has 0 fully saturated rings. The van der Waals surface area contributed by atoms with Gasteiger partial charge in [-0.1, -0.05) is 149 Å². The fourth-order valence-electron chi connectivity index (χ4n) is 9.48. The summed E-state index contributed by atoms with van der Waals surface area (Å²) >= 11 is 3.67. The van der Waals surface area contributed by atoms with Gasteiger partial charge in [0.2, 0.25) is 0 Å². The number of benzene rings is 10. The summed E-state index contributed by atoms with van der Waals surface area (Å²) in [6.07, 6.45) is 0. The molecule has 12 aromatic rings. The first-order valence-corrected chi connectivity index (χ1v) is 20.9. The highest BCUT2D eigenvalue weighted by Gasteiger charge is 2.20. The maximum absolute atomic E-state index is 3.67. The number of hydrogen-bond acceptors (Lipinski definition) is 0. The van der Waals surface area contributed by atoms with Crippen LogP contribution in [0.2, 0.25) is 0 Å². The van der Waals surface area contributed by atoms with Crippen molar-refractivity contribution in [2.24, 2.45) is 0 Å². The Labute approximate surface area is 350 Å². The fourth-order valence-corrected chi connectivity index (χ4v) is 9.74. The zero-order valence-electron chi connectivity index (χ0n) is 32.0. The number of nitrogens with zero attached hydrogens (tertiary/aromatic N) is 2. The van der Waals surface area contributed by atoms with E-state index >= 15 is 0 Å². The van der Waals surface area contributed by atoms with E-state index < -0.39 is 0 Å². The van der Waals surface area contributed by atoms with Crippen molar-refractivity contribution in [3.05, 3.63) is 217 Å². The second kappa shape index (κ2) is 13.4. The molecule has 10 aromatic carbocycles. The van der Waals surface area contributed by atoms with Crippen LogP contribution in [0.15, 0.2) is 217 Å². The molecule has 0 aliphatic carbocycles. The van der Waals surface area contributed by atoms with Crippen LogP contribution in [0.5, 0.6) is 0 Å². The highest BCUT2D eigenvalue weighted by Crippen LogP contribution is 2.44. The molecule has 0 atom stereocenters. The van der Waals surface area contributed by atoms with Crippen molar-refractivity contribution in [3.63, 3.8) is 0 Å². The number of halogens is 1.